The highest BCUT2D eigenvalue weighted by Gasteiger charge is 2.32. The highest BCUT2D eigenvalue weighted by atomic mass is 16.2. The molecule has 2 amide bonds. The Balaban J connectivity index is 1.98. The zero-order chi connectivity index (χ0) is 15.9. The Morgan fingerprint density at radius 3 is 1.55 bits per heavy atom. The highest BCUT2D eigenvalue weighted by Crippen LogP contribution is 2.30. The fourth-order valence-electron chi connectivity index (χ4n) is 3.99. The monoisotopic (exact) mass is 308 g/mol. The molecule has 0 heterocycles. The first kappa shape index (κ1) is 17.3. The molecule has 0 atom stereocenters. The lowest BCUT2D eigenvalue weighted by atomic mass is 9.88. The van der Waals surface area contributed by atoms with E-state index in [2.05, 4.69) is 4.90 Å². The van der Waals surface area contributed by atoms with Crippen molar-refractivity contribution in [1.29, 1.82) is 0 Å². The fourth-order valence-corrected chi connectivity index (χ4v) is 3.99. The van der Waals surface area contributed by atoms with Crippen molar-refractivity contribution in [1.82, 2.24) is 9.80 Å². The van der Waals surface area contributed by atoms with E-state index < -0.39 is 0 Å². The van der Waals surface area contributed by atoms with Crippen LogP contribution in [0.3, 0.4) is 0 Å². The number of hydrogen-bond acceptors (Lipinski definition) is 2. The molecule has 0 unspecified atom stereocenters. The number of nitrogens with zero attached hydrogens (tertiary/aromatic N) is 2. The SMILES string of the molecule is CN(C)C(=O)CCC(=O)N(C1CCCCC1)C1CCCCC1. The standard InChI is InChI=1S/C18H32N2O2/c1-19(2)17(21)13-14-18(22)20(15-9-5-3-6-10-15)16-11-7-4-8-12-16/h15-16H,3-14H2,1-2H3. The van der Waals surface area contributed by atoms with Gasteiger partial charge in [-0.1, -0.05) is 38.5 Å². The summed E-state index contributed by atoms with van der Waals surface area (Å²) in [5, 5.41) is 0. The van der Waals surface area contributed by atoms with Crippen LogP contribution >= 0.6 is 0 Å². The van der Waals surface area contributed by atoms with Gasteiger partial charge in [0, 0.05) is 39.0 Å². The van der Waals surface area contributed by atoms with Crippen LogP contribution in [-0.4, -0.2) is 47.8 Å². The second-order valence-electron chi connectivity index (χ2n) is 7.17. The van der Waals surface area contributed by atoms with Crippen LogP contribution in [0.5, 0.6) is 0 Å². The third-order valence-electron chi connectivity index (χ3n) is 5.28. The molecule has 126 valence electrons. The zero-order valence-electron chi connectivity index (χ0n) is 14.4. The molecule has 4 nitrogen and oxygen atoms in total. The molecule has 0 radical (unpaired) electrons. The van der Waals surface area contributed by atoms with Crippen molar-refractivity contribution in [2.75, 3.05) is 14.1 Å². The summed E-state index contributed by atoms with van der Waals surface area (Å²) in [4.78, 5) is 28.4. The molecule has 0 aromatic carbocycles. The molecule has 2 rings (SSSR count). The van der Waals surface area contributed by atoms with Crippen molar-refractivity contribution in [2.45, 2.75) is 89.1 Å². The van der Waals surface area contributed by atoms with Crippen LogP contribution in [-0.2, 0) is 9.59 Å². The van der Waals surface area contributed by atoms with E-state index in [1.165, 1.54) is 38.5 Å². The first-order chi connectivity index (χ1) is 10.6. The number of carbonyl (C=O) groups is 2. The summed E-state index contributed by atoms with van der Waals surface area (Å²) in [6.07, 6.45) is 13.0. The van der Waals surface area contributed by atoms with E-state index in [0.29, 0.717) is 24.9 Å². The largest absolute Gasteiger partial charge is 0.349 e. The Morgan fingerprint density at radius 1 is 0.727 bits per heavy atom. The van der Waals surface area contributed by atoms with E-state index in [1.54, 1.807) is 19.0 Å². The lowest BCUT2D eigenvalue weighted by Gasteiger charge is -2.42. The summed E-state index contributed by atoms with van der Waals surface area (Å²) in [5.74, 6) is 0.273. The van der Waals surface area contributed by atoms with E-state index in [4.69, 9.17) is 0 Å². The maximum atomic E-state index is 12.8. The van der Waals surface area contributed by atoms with Crippen LogP contribution < -0.4 is 0 Å². The molecule has 0 saturated heterocycles. The molecule has 4 heteroatoms. The van der Waals surface area contributed by atoms with Crippen molar-refractivity contribution < 1.29 is 9.59 Å². The van der Waals surface area contributed by atoms with Crippen molar-refractivity contribution in [2.24, 2.45) is 0 Å². The van der Waals surface area contributed by atoms with Crippen molar-refractivity contribution >= 4 is 11.8 Å². The summed E-state index contributed by atoms with van der Waals surface area (Å²) in [7, 11) is 3.51. The van der Waals surface area contributed by atoms with Gasteiger partial charge in [-0.25, -0.2) is 0 Å². The van der Waals surface area contributed by atoms with Gasteiger partial charge in [0.15, 0.2) is 0 Å². The topological polar surface area (TPSA) is 40.6 Å². The number of rotatable bonds is 5. The highest BCUT2D eigenvalue weighted by molar-refractivity contribution is 5.84. The quantitative estimate of drug-likeness (QED) is 0.781. The average molecular weight is 308 g/mol. The van der Waals surface area contributed by atoms with Crippen molar-refractivity contribution in [3.63, 3.8) is 0 Å². The Bertz CT molecular complexity index is 351. The Hall–Kier alpha value is -1.06. The van der Waals surface area contributed by atoms with Gasteiger partial charge in [-0.3, -0.25) is 9.59 Å². The summed E-state index contributed by atoms with van der Waals surface area (Å²) < 4.78 is 0. The zero-order valence-corrected chi connectivity index (χ0v) is 14.4. The molecule has 0 N–H and O–H groups in total. The summed E-state index contributed by atoms with van der Waals surface area (Å²) in [6, 6.07) is 0.859. The molecule has 0 bridgehead atoms. The minimum absolute atomic E-state index is 0.0561. The first-order valence-electron chi connectivity index (χ1n) is 9.11. The summed E-state index contributed by atoms with van der Waals surface area (Å²) >= 11 is 0. The molecular formula is C18H32N2O2. The molecule has 0 spiro atoms. The van der Waals surface area contributed by atoms with E-state index in [9.17, 15) is 9.59 Å². The van der Waals surface area contributed by atoms with Crippen molar-refractivity contribution in [3.8, 4) is 0 Å². The first-order valence-corrected chi connectivity index (χ1v) is 9.11. The van der Waals surface area contributed by atoms with Gasteiger partial charge < -0.3 is 9.80 Å². The van der Waals surface area contributed by atoms with Gasteiger partial charge in [0.2, 0.25) is 11.8 Å². The second kappa shape index (κ2) is 8.54. The predicted octanol–water partition coefficient (Wildman–Crippen LogP) is 3.35. The van der Waals surface area contributed by atoms with Gasteiger partial charge in [0.05, 0.1) is 0 Å². The predicted molar refractivity (Wildman–Crippen MR) is 88.5 cm³/mol. The molecule has 22 heavy (non-hydrogen) atoms. The molecule has 0 aromatic rings. The minimum Gasteiger partial charge on any atom is -0.349 e. The molecule has 0 aromatic heterocycles. The van der Waals surface area contributed by atoms with Crippen LogP contribution in [0.25, 0.3) is 0 Å². The van der Waals surface area contributed by atoms with E-state index in [1.807, 2.05) is 0 Å². The molecule has 0 aliphatic heterocycles. The fraction of sp³-hybridized carbons (Fsp3) is 0.889. The maximum Gasteiger partial charge on any atom is 0.223 e. The molecule has 2 aliphatic carbocycles. The average Bonchev–Trinajstić information content (AvgIpc) is 2.54. The Morgan fingerprint density at radius 2 is 1.14 bits per heavy atom. The third-order valence-corrected chi connectivity index (χ3v) is 5.28. The van der Waals surface area contributed by atoms with Gasteiger partial charge >= 0.3 is 0 Å². The van der Waals surface area contributed by atoms with Crippen LogP contribution in [0.1, 0.15) is 77.0 Å². The van der Waals surface area contributed by atoms with Gasteiger partial charge in [-0.15, -0.1) is 0 Å². The molecular weight excluding hydrogens is 276 g/mol. The molecule has 2 saturated carbocycles. The number of carbonyl (C=O) groups excluding carboxylic acids is 2. The molecule has 2 fully saturated rings. The lowest BCUT2D eigenvalue weighted by molar-refractivity contribution is -0.140. The lowest BCUT2D eigenvalue weighted by Crippen LogP contribution is -2.49. The second-order valence-corrected chi connectivity index (χ2v) is 7.17. The summed E-state index contributed by atoms with van der Waals surface area (Å²) in [6.45, 7) is 0. The third kappa shape index (κ3) is 4.72. The summed E-state index contributed by atoms with van der Waals surface area (Å²) in [5.41, 5.74) is 0. The van der Waals surface area contributed by atoms with Crippen LogP contribution in [0.2, 0.25) is 0 Å². The maximum absolute atomic E-state index is 12.8. The number of hydrogen-bond donors (Lipinski definition) is 0. The van der Waals surface area contributed by atoms with Crippen LogP contribution in [0, 0.1) is 0 Å². The Labute approximate surface area is 135 Å². The minimum atomic E-state index is 0.0561. The van der Waals surface area contributed by atoms with Crippen LogP contribution in [0.15, 0.2) is 0 Å². The Kier molecular flexibility index (Phi) is 6.71. The molecule has 2 aliphatic rings. The number of amides is 2. The van der Waals surface area contributed by atoms with Gasteiger partial charge in [-0.2, -0.15) is 0 Å². The van der Waals surface area contributed by atoms with E-state index in [-0.39, 0.29) is 11.8 Å². The van der Waals surface area contributed by atoms with Crippen LogP contribution in [0.4, 0.5) is 0 Å². The van der Waals surface area contributed by atoms with Gasteiger partial charge in [0.1, 0.15) is 0 Å². The van der Waals surface area contributed by atoms with Gasteiger partial charge in [0.25, 0.3) is 0 Å². The van der Waals surface area contributed by atoms with E-state index >= 15 is 0 Å². The smallest absolute Gasteiger partial charge is 0.223 e. The van der Waals surface area contributed by atoms with E-state index in [0.717, 1.165) is 25.7 Å². The van der Waals surface area contributed by atoms with Crippen molar-refractivity contribution in [3.05, 3.63) is 0 Å². The normalized spacial score (nSPS) is 20.6. The van der Waals surface area contributed by atoms with Gasteiger partial charge in [-0.05, 0) is 25.7 Å².